The minimum absolute atomic E-state index is 0.365. The molecule has 3 nitrogen and oxygen atoms in total. The first kappa shape index (κ1) is 17.2. The maximum atomic E-state index is 10.1. The summed E-state index contributed by atoms with van der Waals surface area (Å²) in [6.45, 7) is 5.70. The molecular weight excluding hydrogens is 262 g/mol. The van der Waals surface area contributed by atoms with Gasteiger partial charge in [-0.05, 0) is 44.4 Å². The molecule has 2 rings (SSSR count). The van der Waals surface area contributed by atoms with Gasteiger partial charge in [0.25, 0.3) is 0 Å². The fourth-order valence-electron chi connectivity index (χ4n) is 3.95. The van der Waals surface area contributed by atoms with Crippen LogP contribution < -0.4 is 5.32 Å². The van der Waals surface area contributed by atoms with Crippen LogP contribution in [0.3, 0.4) is 0 Å². The normalized spacial score (nSPS) is 31.0. The Morgan fingerprint density at radius 2 is 1.71 bits per heavy atom. The van der Waals surface area contributed by atoms with Crippen molar-refractivity contribution in [2.24, 2.45) is 11.8 Å². The molecule has 2 aliphatic rings. The molecule has 0 amide bonds. The second kappa shape index (κ2) is 9.12. The van der Waals surface area contributed by atoms with Gasteiger partial charge in [0.1, 0.15) is 0 Å². The molecule has 0 aliphatic heterocycles. The number of rotatable bonds is 7. The molecule has 3 unspecified atom stereocenters. The van der Waals surface area contributed by atoms with Crippen molar-refractivity contribution in [3.63, 3.8) is 0 Å². The fourth-order valence-corrected chi connectivity index (χ4v) is 3.95. The lowest BCUT2D eigenvalue weighted by molar-refractivity contribution is -0.0459. The first-order chi connectivity index (χ1) is 10.2. The van der Waals surface area contributed by atoms with E-state index in [0.717, 1.165) is 5.92 Å². The molecule has 0 aromatic carbocycles. The number of nitrogens with one attached hydrogen (secondary N) is 1. The highest BCUT2D eigenvalue weighted by molar-refractivity contribution is 4.77. The predicted octanol–water partition coefficient (Wildman–Crippen LogP) is 3.50. The molecular formula is C18H35NO2. The van der Waals surface area contributed by atoms with E-state index in [4.69, 9.17) is 4.74 Å². The lowest BCUT2D eigenvalue weighted by Gasteiger charge is -2.31. The van der Waals surface area contributed by atoms with E-state index in [2.05, 4.69) is 19.2 Å². The van der Waals surface area contributed by atoms with Crippen molar-refractivity contribution in [3.05, 3.63) is 0 Å². The van der Waals surface area contributed by atoms with Crippen molar-refractivity contribution < 1.29 is 9.84 Å². The van der Waals surface area contributed by atoms with Crippen molar-refractivity contribution in [1.82, 2.24) is 5.32 Å². The van der Waals surface area contributed by atoms with Gasteiger partial charge in [-0.3, -0.25) is 0 Å². The minimum atomic E-state index is -0.370. The number of ether oxygens (including phenoxy) is 1. The zero-order chi connectivity index (χ0) is 15.1. The van der Waals surface area contributed by atoms with Crippen LogP contribution in [-0.4, -0.2) is 36.5 Å². The number of aliphatic hydroxyl groups is 1. The number of hydrogen-bond acceptors (Lipinski definition) is 3. The van der Waals surface area contributed by atoms with Crippen molar-refractivity contribution in [1.29, 1.82) is 0 Å². The van der Waals surface area contributed by atoms with Gasteiger partial charge in [0.2, 0.25) is 0 Å². The van der Waals surface area contributed by atoms with Crippen LogP contribution in [0.2, 0.25) is 0 Å². The van der Waals surface area contributed by atoms with Crippen LogP contribution in [-0.2, 0) is 4.74 Å². The van der Waals surface area contributed by atoms with Gasteiger partial charge in [-0.2, -0.15) is 0 Å². The number of aliphatic hydroxyl groups excluding tert-OH is 1. The molecule has 0 saturated heterocycles. The van der Waals surface area contributed by atoms with E-state index in [1.165, 1.54) is 57.8 Å². The van der Waals surface area contributed by atoms with E-state index in [-0.39, 0.29) is 6.10 Å². The first-order valence-corrected chi connectivity index (χ1v) is 9.20. The summed E-state index contributed by atoms with van der Waals surface area (Å²) in [7, 11) is 0. The van der Waals surface area contributed by atoms with Gasteiger partial charge in [-0.15, -0.1) is 0 Å². The molecule has 2 aliphatic carbocycles. The highest BCUT2D eigenvalue weighted by Gasteiger charge is 2.23. The third-order valence-electron chi connectivity index (χ3n) is 5.57. The second-order valence-corrected chi connectivity index (χ2v) is 7.38. The maximum absolute atomic E-state index is 10.1. The molecule has 124 valence electrons. The summed E-state index contributed by atoms with van der Waals surface area (Å²) in [5.41, 5.74) is 0. The predicted molar refractivity (Wildman–Crippen MR) is 87.4 cm³/mol. The first-order valence-electron chi connectivity index (χ1n) is 9.20. The Morgan fingerprint density at radius 3 is 2.43 bits per heavy atom. The lowest BCUT2D eigenvalue weighted by Crippen LogP contribution is -2.41. The largest absolute Gasteiger partial charge is 0.389 e. The summed E-state index contributed by atoms with van der Waals surface area (Å²) in [6, 6.07) is 0.522. The molecule has 0 radical (unpaired) electrons. The molecule has 0 aromatic heterocycles. The molecule has 21 heavy (non-hydrogen) atoms. The van der Waals surface area contributed by atoms with Gasteiger partial charge in [0.15, 0.2) is 0 Å². The van der Waals surface area contributed by atoms with E-state index in [1.54, 1.807) is 0 Å². The van der Waals surface area contributed by atoms with E-state index in [1.807, 2.05) is 0 Å². The number of hydrogen-bond donors (Lipinski definition) is 2. The Bertz CT molecular complexity index is 278. The van der Waals surface area contributed by atoms with Crippen LogP contribution in [0.25, 0.3) is 0 Å². The lowest BCUT2D eigenvalue weighted by atomic mass is 9.84. The van der Waals surface area contributed by atoms with Crippen LogP contribution in [0.5, 0.6) is 0 Å². The van der Waals surface area contributed by atoms with Crippen LogP contribution in [0.1, 0.15) is 71.6 Å². The average Bonchev–Trinajstić information content (AvgIpc) is 2.52. The van der Waals surface area contributed by atoms with Gasteiger partial charge in [0, 0.05) is 12.6 Å². The smallest absolute Gasteiger partial charge is 0.0897 e. The Morgan fingerprint density at radius 1 is 1.05 bits per heavy atom. The molecule has 2 fully saturated rings. The fraction of sp³-hybridized carbons (Fsp3) is 1.00. The third kappa shape index (κ3) is 5.88. The summed E-state index contributed by atoms with van der Waals surface area (Å²) < 4.78 is 5.94. The Labute approximate surface area is 130 Å². The van der Waals surface area contributed by atoms with Crippen molar-refractivity contribution >= 4 is 0 Å². The Hall–Kier alpha value is -0.120. The van der Waals surface area contributed by atoms with Gasteiger partial charge in [0.05, 0.1) is 18.8 Å². The molecule has 3 heteroatoms. The zero-order valence-electron chi connectivity index (χ0n) is 14.0. The van der Waals surface area contributed by atoms with E-state index in [0.29, 0.717) is 31.2 Å². The standard InChI is InChI=1S/C18H35NO2/c1-14-8-6-7-11-18(14)21-13-17(20)12-19-15(2)16-9-4-3-5-10-16/h14-20H,3-13H2,1-2H3/t14?,15-,17?,18?/m1/s1. The van der Waals surface area contributed by atoms with E-state index < -0.39 is 0 Å². The summed E-state index contributed by atoms with van der Waals surface area (Å²) in [5.74, 6) is 1.45. The molecule has 0 bridgehead atoms. The van der Waals surface area contributed by atoms with Crippen LogP contribution in [0.4, 0.5) is 0 Å². The molecule has 0 heterocycles. The summed E-state index contributed by atoms with van der Waals surface area (Å²) >= 11 is 0. The van der Waals surface area contributed by atoms with Crippen molar-refractivity contribution in [3.8, 4) is 0 Å². The van der Waals surface area contributed by atoms with Gasteiger partial charge >= 0.3 is 0 Å². The van der Waals surface area contributed by atoms with Crippen molar-refractivity contribution in [2.75, 3.05) is 13.2 Å². The van der Waals surface area contributed by atoms with Crippen LogP contribution in [0, 0.1) is 11.8 Å². The molecule has 4 atom stereocenters. The van der Waals surface area contributed by atoms with E-state index >= 15 is 0 Å². The molecule has 2 N–H and O–H groups in total. The summed E-state index contributed by atoms with van der Waals surface area (Å²) in [6.07, 6.45) is 11.9. The molecule has 0 aromatic rings. The van der Waals surface area contributed by atoms with Crippen LogP contribution >= 0.6 is 0 Å². The summed E-state index contributed by atoms with van der Waals surface area (Å²) in [4.78, 5) is 0. The molecule has 2 saturated carbocycles. The quantitative estimate of drug-likeness (QED) is 0.755. The maximum Gasteiger partial charge on any atom is 0.0897 e. The zero-order valence-corrected chi connectivity index (χ0v) is 14.0. The highest BCUT2D eigenvalue weighted by Crippen LogP contribution is 2.27. The minimum Gasteiger partial charge on any atom is -0.389 e. The van der Waals surface area contributed by atoms with Crippen LogP contribution in [0.15, 0.2) is 0 Å². The van der Waals surface area contributed by atoms with Crippen molar-refractivity contribution in [2.45, 2.75) is 89.9 Å². The Balaban J connectivity index is 1.59. The topological polar surface area (TPSA) is 41.5 Å². The molecule has 0 spiro atoms. The monoisotopic (exact) mass is 297 g/mol. The second-order valence-electron chi connectivity index (χ2n) is 7.38. The van der Waals surface area contributed by atoms with E-state index in [9.17, 15) is 5.11 Å². The SMILES string of the molecule is CC1CCCCC1OCC(O)CN[C@H](C)C1CCCCC1. The summed E-state index contributed by atoms with van der Waals surface area (Å²) in [5, 5.41) is 13.6. The van der Waals surface area contributed by atoms with Gasteiger partial charge in [-0.25, -0.2) is 0 Å². The Kier molecular flexibility index (Phi) is 7.48. The van der Waals surface area contributed by atoms with Gasteiger partial charge in [-0.1, -0.05) is 39.0 Å². The highest BCUT2D eigenvalue weighted by atomic mass is 16.5. The average molecular weight is 297 g/mol. The van der Waals surface area contributed by atoms with Gasteiger partial charge < -0.3 is 15.2 Å². The third-order valence-corrected chi connectivity index (χ3v) is 5.57.